The molecule has 0 bridgehead atoms. The first-order valence-electron chi connectivity index (χ1n) is 9.15. The molecule has 0 aliphatic carbocycles. The number of hydrogen-bond donors (Lipinski definition) is 0. The fourth-order valence-electron chi connectivity index (χ4n) is 3.68. The van der Waals surface area contributed by atoms with Gasteiger partial charge in [0.2, 0.25) is 0 Å². The number of carbonyl (C=O) groups is 2. The van der Waals surface area contributed by atoms with Gasteiger partial charge in [-0.15, -0.1) is 11.3 Å². The van der Waals surface area contributed by atoms with Gasteiger partial charge in [0.05, 0.1) is 11.3 Å². The Morgan fingerprint density at radius 2 is 1.67 bits per heavy atom. The maximum absolute atomic E-state index is 13.5. The highest BCUT2D eigenvalue weighted by atomic mass is 32.1. The summed E-state index contributed by atoms with van der Waals surface area (Å²) in [4.78, 5) is 33.4. The summed E-state index contributed by atoms with van der Waals surface area (Å²) in [7, 11) is 2.08. The number of thiophene rings is 1. The molecule has 1 aromatic carbocycles. The molecule has 27 heavy (non-hydrogen) atoms. The molecule has 0 spiro atoms. The second kappa shape index (κ2) is 6.94. The van der Waals surface area contributed by atoms with Crippen LogP contribution in [0.5, 0.6) is 0 Å². The van der Waals surface area contributed by atoms with Gasteiger partial charge in [0.15, 0.2) is 0 Å². The van der Waals surface area contributed by atoms with Crippen LogP contribution in [-0.2, 0) is 9.59 Å². The van der Waals surface area contributed by atoms with Crippen molar-refractivity contribution in [3.05, 3.63) is 57.4 Å². The first-order valence-corrected chi connectivity index (χ1v) is 10.0. The molecule has 2 amide bonds. The number of likely N-dealkylation sites (N-methyl/N-ethyl adjacent to an activating group) is 1. The molecular formula is C21H23N3O2S. The summed E-state index contributed by atoms with van der Waals surface area (Å²) in [5, 5.41) is 1.95. The Bertz CT molecular complexity index is 925. The summed E-state index contributed by atoms with van der Waals surface area (Å²) >= 11 is 1.50. The van der Waals surface area contributed by atoms with Gasteiger partial charge in [-0.3, -0.25) is 9.59 Å². The third-order valence-electron chi connectivity index (χ3n) is 5.46. The number of carbonyl (C=O) groups excluding carboxylic acids is 2. The van der Waals surface area contributed by atoms with Crippen LogP contribution in [0.3, 0.4) is 0 Å². The highest BCUT2D eigenvalue weighted by Gasteiger charge is 2.43. The largest absolute Gasteiger partial charge is 0.364 e. The molecule has 0 unspecified atom stereocenters. The number of hydrogen-bond acceptors (Lipinski definition) is 5. The van der Waals surface area contributed by atoms with Crippen LogP contribution in [0.2, 0.25) is 0 Å². The molecule has 0 atom stereocenters. The SMILES string of the molecule is Cc1cccc(N2C(=O)C(c3cccs3)=C(N3CCN(C)CC3)C2=O)c1C. The van der Waals surface area contributed by atoms with Gasteiger partial charge in [0.25, 0.3) is 11.8 Å². The van der Waals surface area contributed by atoms with E-state index < -0.39 is 0 Å². The van der Waals surface area contributed by atoms with Gasteiger partial charge in [0, 0.05) is 31.1 Å². The number of nitrogens with zero attached hydrogens (tertiary/aromatic N) is 3. The highest BCUT2D eigenvalue weighted by molar-refractivity contribution is 7.11. The lowest BCUT2D eigenvalue weighted by molar-refractivity contribution is -0.120. The second-order valence-corrected chi connectivity index (χ2v) is 8.10. The quantitative estimate of drug-likeness (QED) is 0.767. The third-order valence-corrected chi connectivity index (χ3v) is 6.35. The predicted octanol–water partition coefficient (Wildman–Crippen LogP) is 2.90. The van der Waals surface area contributed by atoms with E-state index in [1.807, 2.05) is 49.6 Å². The smallest absolute Gasteiger partial charge is 0.282 e. The summed E-state index contributed by atoms with van der Waals surface area (Å²) in [6.07, 6.45) is 0. The molecule has 0 saturated carbocycles. The van der Waals surface area contributed by atoms with E-state index in [1.165, 1.54) is 16.2 Å². The zero-order chi connectivity index (χ0) is 19.1. The van der Waals surface area contributed by atoms with Gasteiger partial charge < -0.3 is 9.80 Å². The van der Waals surface area contributed by atoms with Crippen molar-refractivity contribution in [3.63, 3.8) is 0 Å². The summed E-state index contributed by atoms with van der Waals surface area (Å²) in [6.45, 7) is 7.22. The van der Waals surface area contributed by atoms with E-state index in [1.54, 1.807) is 0 Å². The number of imide groups is 1. The standard InChI is InChI=1S/C21H23N3O2S/c1-14-6-4-7-16(15(14)2)24-20(25)18(17-8-5-13-27-17)19(21(24)26)23-11-9-22(3)10-12-23/h4-8,13H,9-12H2,1-3H3. The van der Waals surface area contributed by atoms with Gasteiger partial charge in [-0.05, 0) is 49.5 Å². The fourth-order valence-corrected chi connectivity index (χ4v) is 4.44. The molecule has 5 nitrogen and oxygen atoms in total. The van der Waals surface area contributed by atoms with Crippen LogP contribution in [0.1, 0.15) is 16.0 Å². The number of amides is 2. The Morgan fingerprint density at radius 3 is 2.33 bits per heavy atom. The minimum atomic E-state index is -0.218. The van der Waals surface area contributed by atoms with E-state index in [4.69, 9.17) is 0 Å². The zero-order valence-corrected chi connectivity index (χ0v) is 16.7. The van der Waals surface area contributed by atoms with Crippen molar-refractivity contribution >= 4 is 34.4 Å². The first-order chi connectivity index (χ1) is 13.0. The molecule has 0 N–H and O–H groups in total. The van der Waals surface area contributed by atoms with Crippen molar-refractivity contribution in [2.45, 2.75) is 13.8 Å². The number of piperazine rings is 1. The van der Waals surface area contributed by atoms with Gasteiger partial charge in [-0.1, -0.05) is 18.2 Å². The lowest BCUT2D eigenvalue weighted by Gasteiger charge is -2.34. The van der Waals surface area contributed by atoms with E-state index in [9.17, 15) is 9.59 Å². The van der Waals surface area contributed by atoms with Gasteiger partial charge in [-0.2, -0.15) is 0 Å². The van der Waals surface area contributed by atoms with Crippen LogP contribution in [0.15, 0.2) is 41.4 Å². The average molecular weight is 382 g/mol. The zero-order valence-electron chi connectivity index (χ0n) is 15.9. The molecule has 1 fully saturated rings. The van der Waals surface area contributed by atoms with E-state index in [-0.39, 0.29) is 11.8 Å². The second-order valence-electron chi connectivity index (χ2n) is 7.16. The molecule has 6 heteroatoms. The Hall–Kier alpha value is -2.44. The molecule has 2 aliphatic rings. The van der Waals surface area contributed by atoms with Crippen LogP contribution in [0.4, 0.5) is 5.69 Å². The van der Waals surface area contributed by atoms with Crippen molar-refractivity contribution in [1.29, 1.82) is 0 Å². The molecule has 3 heterocycles. The first kappa shape index (κ1) is 17.9. The van der Waals surface area contributed by atoms with Crippen molar-refractivity contribution in [2.24, 2.45) is 0 Å². The van der Waals surface area contributed by atoms with Crippen LogP contribution < -0.4 is 4.90 Å². The Morgan fingerprint density at radius 1 is 0.926 bits per heavy atom. The summed E-state index contributed by atoms with van der Waals surface area (Å²) in [5.74, 6) is -0.424. The predicted molar refractivity (Wildman–Crippen MR) is 109 cm³/mol. The number of aryl methyl sites for hydroxylation is 1. The average Bonchev–Trinajstić information content (AvgIpc) is 3.25. The number of anilines is 1. The number of benzene rings is 1. The van der Waals surface area contributed by atoms with E-state index in [0.29, 0.717) is 17.0 Å². The molecule has 1 aromatic heterocycles. The highest BCUT2D eigenvalue weighted by Crippen LogP contribution is 2.38. The van der Waals surface area contributed by atoms with Gasteiger partial charge in [-0.25, -0.2) is 4.90 Å². The van der Waals surface area contributed by atoms with E-state index in [0.717, 1.165) is 42.2 Å². The van der Waals surface area contributed by atoms with Crippen molar-refractivity contribution in [1.82, 2.24) is 9.80 Å². The Balaban J connectivity index is 1.81. The monoisotopic (exact) mass is 381 g/mol. The molecule has 2 aliphatic heterocycles. The summed E-state index contributed by atoms with van der Waals surface area (Å²) in [6, 6.07) is 9.60. The van der Waals surface area contributed by atoms with E-state index in [2.05, 4.69) is 16.8 Å². The van der Waals surface area contributed by atoms with E-state index >= 15 is 0 Å². The number of rotatable bonds is 3. The third kappa shape index (κ3) is 2.99. The minimum absolute atomic E-state index is 0.207. The van der Waals surface area contributed by atoms with Crippen molar-refractivity contribution in [3.8, 4) is 0 Å². The molecular weight excluding hydrogens is 358 g/mol. The molecule has 2 aromatic rings. The normalized spacial score (nSPS) is 18.8. The van der Waals surface area contributed by atoms with Crippen LogP contribution in [0.25, 0.3) is 5.57 Å². The molecule has 140 valence electrons. The topological polar surface area (TPSA) is 43.9 Å². The molecule has 0 radical (unpaired) electrons. The molecule has 4 rings (SSSR count). The van der Waals surface area contributed by atoms with Crippen LogP contribution >= 0.6 is 11.3 Å². The Kier molecular flexibility index (Phi) is 4.61. The fraction of sp³-hybridized carbons (Fsp3) is 0.333. The maximum atomic E-state index is 13.5. The summed E-state index contributed by atoms with van der Waals surface area (Å²) < 4.78 is 0. The Labute approximate surface area is 163 Å². The maximum Gasteiger partial charge on any atom is 0.282 e. The lowest BCUT2D eigenvalue weighted by Crippen LogP contribution is -2.46. The van der Waals surface area contributed by atoms with Crippen molar-refractivity contribution < 1.29 is 9.59 Å². The van der Waals surface area contributed by atoms with Crippen LogP contribution in [0, 0.1) is 13.8 Å². The van der Waals surface area contributed by atoms with Crippen LogP contribution in [-0.4, -0.2) is 54.8 Å². The van der Waals surface area contributed by atoms with Gasteiger partial charge in [0.1, 0.15) is 5.70 Å². The van der Waals surface area contributed by atoms with Gasteiger partial charge >= 0.3 is 0 Å². The summed E-state index contributed by atoms with van der Waals surface area (Å²) in [5.41, 5.74) is 3.81. The molecule has 1 saturated heterocycles. The minimum Gasteiger partial charge on any atom is -0.364 e. The lowest BCUT2D eigenvalue weighted by atomic mass is 10.1. The van der Waals surface area contributed by atoms with Crippen molar-refractivity contribution in [2.75, 3.05) is 38.1 Å².